The van der Waals surface area contributed by atoms with Crippen LogP contribution in [0, 0.1) is 0 Å². The van der Waals surface area contributed by atoms with Crippen molar-refractivity contribution in [2.75, 3.05) is 42.5 Å². The van der Waals surface area contributed by atoms with Crippen molar-refractivity contribution in [2.45, 2.75) is 33.4 Å². The number of ether oxygens (including phenoxy) is 1. The van der Waals surface area contributed by atoms with Gasteiger partial charge >= 0.3 is 6.09 Å². The number of rotatable bonds is 5. The summed E-state index contributed by atoms with van der Waals surface area (Å²) in [6.45, 7) is 7.89. The minimum absolute atomic E-state index is 0.201. The van der Waals surface area contributed by atoms with Gasteiger partial charge < -0.3 is 24.3 Å². The Balaban J connectivity index is 0.00000165. The van der Waals surface area contributed by atoms with Crippen LogP contribution >= 0.6 is 11.6 Å². The van der Waals surface area contributed by atoms with Gasteiger partial charge in [0.2, 0.25) is 5.28 Å². The highest BCUT2D eigenvalue weighted by molar-refractivity contribution is 6.28. The third kappa shape index (κ3) is 6.31. The monoisotopic (exact) mass is 575 g/mol. The molecule has 0 radical (unpaired) electrons. The van der Waals surface area contributed by atoms with Crippen LogP contribution in [0.3, 0.4) is 0 Å². The molecule has 1 fully saturated rings. The summed E-state index contributed by atoms with van der Waals surface area (Å²) in [5.74, 6) is 1.22. The van der Waals surface area contributed by atoms with Crippen molar-refractivity contribution in [3.63, 3.8) is 0 Å². The average molecular weight is 576 g/mol. The minimum Gasteiger partial charge on any atom is -0.445 e. The lowest BCUT2D eigenvalue weighted by molar-refractivity contribution is -0.137. The number of carbonyl (C=O) groups excluding carboxylic acids is 1. The first-order valence-electron chi connectivity index (χ1n) is 13.9. The summed E-state index contributed by atoms with van der Waals surface area (Å²) in [5.41, 5.74) is 3.88. The van der Waals surface area contributed by atoms with E-state index in [-0.39, 0.29) is 18.0 Å². The lowest BCUT2D eigenvalue weighted by Gasteiger charge is -2.37. The fourth-order valence-electron chi connectivity index (χ4n) is 5.34. The molecular weight excluding hydrogens is 542 g/mol. The van der Waals surface area contributed by atoms with Crippen LogP contribution in [-0.4, -0.2) is 58.9 Å². The summed E-state index contributed by atoms with van der Waals surface area (Å²) in [7, 11) is 0. The molecule has 3 aromatic carbocycles. The minimum atomic E-state index is -0.307. The second-order valence-electron chi connectivity index (χ2n) is 9.68. The number of nitrogens with zero attached hydrogens (tertiary/aromatic N) is 5. The largest absolute Gasteiger partial charge is 0.445 e. The van der Waals surface area contributed by atoms with E-state index in [0.717, 1.165) is 52.1 Å². The van der Waals surface area contributed by atoms with E-state index in [1.807, 2.05) is 74.5 Å². The lowest BCUT2D eigenvalue weighted by atomic mass is 10.0. The maximum atomic E-state index is 12.6. The van der Waals surface area contributed by atoms with Crippen molar-refractivity contribution < 1.29 is 19.7 Å². The van der Waals surface area contributed by atoms with Crippen LogP contribution in [0.2, 0.25) is 5.28 Å². The summed E-state index contributed by atoms with van der Waals surface area (Å²) < 4.78 is 5.51. The molecule has 3 heterocycles. The Hall–Kier alpha value is -4.08. The Kier molecular flexibility index (Phi) is 9.06. The molecule has 0 spiro atoms. The number of anilines is 2. The fourth-order valence-corrected chi connectivity index (χ4v) is 5.52. The fraction of sp³-hybridized carbons (Fsp3) is 0.323. The standard InChI is InChI=1S/C29H28ClN5O4.C2H6/c30-28-31-25-18-35(26-17-22(39-37)16-21-8-4-5-9-23(21)26)11-10-24(25)27(32-28)33-12-14-34(15-13-33)29(36)38-19-20-6-2-1-3-7-20;1-2/h1-9,16-17,37H,10-15,18-19H2;1-2H3. The van der Waals surface area contributed by atoms with Crippen LogP contribution < -0.4 is 14.7 Å². The predicted octanol–water partition coefficient (Wildman–Crippen LogP) is 6.18. The van der Waals surface area contributed by atoms with E-state index in [2.05, 4.69) is 30.7 Å². The molecule has 9 nitrogen and oxygen atoms in total. The molecule has 41 heavy (non-hydrogen) atoms. The molecule has 0 saturated carbocycles. The molecule has 0 atom stereocenters. The second-order valence-corrected chi connectivity index (χ2v) is 10.0. The van der Waals surface area contributed by atoms with E-state index in [9.17, 15) is 10.1 Å². The molecule has 1 N–H and O–H groups in total. The Morgan fingerprint density at radius 2 is 1.66 bits per heavy atom. The first kappa shape index (κ1) is 28.4. The van der Waals surface area contributed by atoms with Gasteiger partial charge in [-0.25, -0.2) is 20.0 Å². The van der Waals surface area contributed by atoms with Gasteiger partial charge in [0, 0.05) is 55.4 Å². The van der Waals surface area contributed by atoms with Crippen LogP contribution in [0.1, 0.15) is 30.7 Å². The lowest BCUT2D eigenvalue weighted by Crippen LogP contribution is -2.49. The molecule has 6 rings (SSSR count). The summed E-state index contributed by atoms with van der Waals surface area (Å²) >= 11 is 6.41. The molecule has 1 aromatic heterocycles. The van der Waals surface area contributed by atoms with Gasteiger partial charge in [-0.2, -0.15) is 0 Å². The number of amides is 1. The van der Waals surface area contributed by atoms with Crippen molar-refractivity contribution in [3.8, 4) is 5.75 Å². The van der Waals surface area contributed by atoms with Crippen molar-refractivity contribution in [3.05, 3.63) is 88.8 Å². The predicted molar refractivity (Wildman–Crippen MR) is 161 cm³/mol. The quantitative estimate of drug-likeness (QED) is 0.171. The first-order valence-corrected chi connectivity index (χ1v) is 14.3. The van der Waals surface area contributed by atoms with Crippen LogP contribution in [0.25, 0.3) is 10.8 Å². The van der Waals surface area contributed by atoms with Crippen LogP contribution in [0.5, 0.6) is 5.75 Å². The number of piperazine rings is 1. The Bertz CT molecular complexity index is 1500. The molecule has 2 aliphatic heterocycles. The molecule has 10 heteroatoms. The number of carbonyl (C=O) groups is 1. The number of halogens is 1. The smallest absolute Gasteiger partial charge is 0.410 e. The van der Waals surface area contributed by atoms with Gasteiger partial charge in [-0.15, -0.1) is 0 Å². The van der Waals surface area contributed by atoms with Gasteiger partial charge in [0.15, 0.2) is 5.75 Å². The SMILES string of the molecule is CC.O=C(OCc1ccccc1)N1CCN(c2nc(Cl)nc3c2CCN(c2cc(OO)cc4ccccc24)C3)CC1. The molecule has 4 aromatic rings. The maximum absolute atomic E-state index is 12.6. The second kappa shape index (κ2) is 13.1. The third-order valence-electron chi connectivity index (χ3n) is 7.32. The number of hydrogen-bond acceptors (Lipinski definition) is 8. The normalized spacial score (nSPS) is 14.7. The number of benzene rings is 3. The number of hydrogen-bond donors (Lipinski definition) is 1. The molecule has 1 saturated heterocycles. The molecule has 1 amide bonds. The zero-order chi connectivity index (χ0) is 28.8. The number of aromatic nitrogens is 2. The van der Waals surface area contributed by atoms with E-state index in [0.29, 0.717) is 38.5 Å². The van der Waals surface area contributed by atoms with Gasteiger partial charge in [-0.05, 0) is 35.0 Å². The summed E-state index contributed by atoms with van der Waals surface area (Å²) in [4.78, 5) is 32.5. The van der Waals surface area contributed by atoms with Crippen molar-refractivity contribution in [1.29, 1.82) is 0 Å². The molecule has 0 aliphatic carbocycles. The van der Waals surface area contributed by atoms with Crippen LogP contribution in [0.4, 0.5) is 16.3 Å². The highest BCUT2D eigenvalue weighted by Gasteiger charge is 2.29. The molecule has 214 valence electrons. The van der Waals surface area contributed by atoms with Crippen LogP contribution in [-0.2, 0) is 24.3 Å². The highest BCUT2D eigenvalue weighted by Crippen LogP contribution is 2.36. The molecule has 0 bridgehead atoms. The van der Waals surface area contributed by atoms with E-state index in [1.165, 1.54) is 0 Å². The summed E-state index contributed by atoms with van der Waals surface area (Å²) in [5, 5.41) is 11.6. The summed E-state index contributed by atoms with van der Waals surface area (Å²) in [6, 6.07) is 21.3. The maximum Gasteiger partial charge on any atom is 0.410 e. The van der Waals surface area contributed by atoms with Crippen LogP contribution in [0.15, 0.2) is 66.7 Å². The van der Waals surface area contributed by atoms with Gasteiger partial charge in [0.1, 0.15) is 12.4 Å². The van der Waals surface area contributed by atoms with E-state index in [1.54, 1.807) is 4.90 Å². The van der Waals surface area contributed by atoms with Gasteiger partial charge in [-0.1, -0.05) is 68.4 Å². The van der Waals surface area contributed by atoms with Gasteiger partial charge in [-0.3, -0.25) is 0 Å². The molecular formula is C31H34ClN5O4. The zero-order valence-electron chi connectivity index (χ0n) is 23.3. The van der Waals surface area contributed by atoms with Crippen molar-refractivity contribution in [1.82, 2.24) is 14.9 Å². The Morgan fingerprint density at radius 3 is 2.41 bits per heavy atom. The van der Waals surface area contributed by atoms with Crippen molar-refractivity contribution >= 4 is 40.0 Å². The Labute approximate surface area is 244 Å². The molecule has 2 aliphatic rings. The first-order chi connectivity index (χ1) is 20.1. The third-order valence-corrected chi connectivity index (χ3v) is 7.49. The van der Waals surface area contributed by atoms with E-state index < -0.39 is 0 Å². The summed E-state index contributed by atoms with van der Waals surface area (Å²) in [6.07, 6.45) is 0.429. The van der Waals surface area contributed by atoms with Gasteiger partial charge in [0.05, 0.1) is 12.2 Å². The van der Waals surface area contributed by atoms with Gasteiger partial charge in [0.25, 0.3) is 0 Å². The Morgan fingerprint density at radius 1 is 0.927 bits per heavy atom. The zero-order valence-corrected chi connectivity index (χ0v) is 24.0. The average Bonchev–Trinajstić information content (AvgIpc) is 3.04. The van der Waals surface area contributed by atoms with E-state index in [4.69, 9.17) is 16.3 Å². The number of fused-ring (bicyclic) bond motifs is 2. The highest BCUT2D eigenvalue weighted by atomic mass is 35.5. The van der Waals surface area contributed by atoms with Crippen molar-refractivity contribution in [2.24, 2.45) is 0 Å². The topological polar surface area (TPSA) is 91.3 Å². The van der Waals surface area contributed by atoms with E-state index >= 15 is 0 Å². The molecule has 0 unspecified atom stereocenters.